The third-order valence-electron chi connectivity index (χ3n) is 2.39. The van der Waals surface area contributed by atoms with Crippen LogP contribution in [0.2, 0.25) is 0 Å². The normalized spacial score (nSPS) is 12.5. The van der Waals surface area contributed by atoms with Crippen LogP contribution < -0.4 is 0 Å². The van der Waals surface area contributed by atoms with E-state index in [9.17, 15) is 0 Å². The quantitative estimate of drug-likeness (QED) is 0.544. The van der Waals surface area contributed by atoms with Crippen molar-refractivity contribution in [3.8, 4) is 0 Å². The van der Waals surface area contributed by atoms with Gasteiger partial charge in [0, 0.05) is 16.8 Å². The monoisotopic (exact) mass is 285 g/mol. The summed E-state index contributed by atoms with van der Waals surface area (Å²) >= 11 is 0. The SMILES string of the molecule is CCC(=NC(C)(C)C)[N-]CCN(CC)CC.[Co]. The fourth-order valence-electron chi connectivity index (χ4n) is 1.47. The second kappa shape index (κ2) is 9.91. The van der Waals surface area contributed by atoms with E-state index in [0.717, 1.165) is 38.4 Å². The summed E-state index contributed by atoms with van der Waals surface area (Å²) in [6, 6.07) is 0. The summed E-state index contributed by atoms with van der Waals surface area (Å²) in [6.07, 6.45) is 0.926. The first kappa shape index (κ1) is 19.3. The molecule has 0 fully saturated rings. The van der Waals surface area contributed by atoms with Crippen molar-refractivity contribution in [3.05, 3.63) is 5.32 Å². The standard InChI is InChI=1S/C13H28N3.Co/c1-7-12(15-13(4,5)6)14-10-11-16(8-2)9-3;/h7-11H2,1-6H3;/q-1;. The maximum atomic E-state index is 4.61. The molecule has 0 rings (SSSR count). The average molecular weight is 285 g/mol. The summed E-state index contributed by atoms with van der Waals surface area (Å²) in [7, 11) is 0. The van der Waals surface area contributed by atoms with Gasteiger partial charge < -0.3 is 15.2 Å². The molecular weight excluding hydrogens is 257 g/mol. The van der Waals surface area contributed by atoms with E-state index in [2.05, 4.69) is 56.8 Å². The maximum absolute atomic E-state index is 4.61. The zero-order chi connectivity index (χ0) is 12.6. The Morgan fingerprint density at radius 3 is 2.00 bits per heavy atom. The van der Waals surface area contributed by atoms with Crippen LogP contribution >= 0.6 is 0 Å². The zero-order valence-corrected chi connectivity index (χ0v) is 13.3. The number of rotatable bonds is 6. The van der Waals surface area contributed by atoms with E-state index in [-0.39, 0.29) is 22.3 Å². The summed E-state index contributed by atoms with van der Waals surface area (Å²) in [6.45, 7) is 16.9. The van der Waals surface area contributed by atoms with Gasteiger partial charge in [0.2, 0.25) is 0 Å². The van der Waals surface area contributed by atoms with Crippen LogP contribution in [0.4, 0.5) is 0 Å². The smallest absolute Gasteiger partial charge is 0 e. The number of hydrogen-bond donors (Lipinski definition) is 0. The molecule has 0 saturated carbocycles. The molecule has 0 saturated heterocycles. The molecule has 17 heavy (non-hydrogen) atoms. The number of amidine groups is 1. The molecule has 0 aromatic carbocycles. The summed E-state index contributed by atoms with van der Waals surface area (Å²) < 4.78 is 0. The third kappa shape index (κ3) is 10.8. The van der Waals surface area contributed by atoms with Gasteiger partial charge in [-0.1, -0.05) is 47.4 Å². The van der Waals surface area contributed by atoms with Crippen LogP contribution in [0.25, 0.3) is 5.32 Å². The Hall–Kier alpha value is -0.0635. The van der Waals surface area contributed by atoms with Gasteiger partial charge in [-0.2, -0.15) is 0 Å². The molecule has 0 unspecified atom stereocenters. The molecule has 4 heteroatoms. The fourth-order valence-corrected chi connectivity index (χ4v) is 1.47. The topological polar surface area (TPSA) is 29.7 Å². The first-order valence-corrected chi connectivity index (χ1v) is 6.41. The molecule has 0 aliphatic carbocycles. The molecule has 0 aromatic rings. The van der Waals surface area contributed by atoms with Crippen molar-refractivity contribution in [2.75, 3.05) is 26.2 Å². The van der Waals surface area contributed by atoms with Crippen LogP contribution in [0, 0.1) is 0 Å². The van der Waals surface area contributed by atoms with E-state index in [1.165, 1.54) is 0 Å². The molecule has 0 atom stereocenters. The Balaban J connectivity index is 0. The van der Waals surface area contributed by atoms with Crippen LogP contribution in [0.15, 0.2) is 4.99 Å². The Labute approximate surface area is 118 Å². The van der Waals surface area contributed by atoms with Gasteiger partial charge in [-0.3, -0.25) is 0 Å². The number of nitrogens with zero attached hydrogens (tertiary/aromatic N) is 3. The molecule has 0 spiro atoms. The van der Waals surface area contributed by atoms with E-state index >= 15 is 0 Å². The predicted octanol–water partition coefficient (Wildman–Crippen LogP) is 3.31. The van der Waals surface area contributed by atoms with Gasteiger partial charge in [-0.15, -0.1) is 0 Å². The van der Waals surface area contributed by atoms with E-state index in [1.807, 2.05) is 0 Å². The van der Waals surface area contributed by atoms with Crippen LogP contribution in [0.5, 0.6) is 0 Å². The van der Waals surface area contributed by atoms with E-state index in [0.29, 0.717) is 0 Å². The first-order valence-electron chi connectivity index (χ1n) is 6.41. The van der Waals surface area contributed by atoms with Crippen molar-refractivity contribution in [3.63, 3.8) is 0 Å². The van der Waals surface area contributed by atoms with Gasteiger partial charge in [-0.25, -0.2) is 0 Å². The molecule has 1 radical (unpaired) electrons. The number of hydrogen-bond acceptors (Lipinski definition) is 2. The third-order valence-corrected chi connectivity index (χ3v) is 2.39. The Morgan fingerprint density at radius 1 is 1.12 bits per heavy atom. The zero-order valence-electron chi connectivity index (χ0n) is 12.2. The molecule has 105 valence electrons. The summed E-state index contributed by atoms with van der Waals surface area (Å²) in [4.78, 5) is 6.99. The minimum Gasteiger partial charge on any atom is -0.468 e. The molecule has 0 aromatic heterocycles. The van der Waals surface area contributed by atoms with E-state index in [1.54, 1.807) is 0 Å². The fraction of sp³-hybridized carbons (Fsp3) is 0.923. The van der Waals surface area contributed by atoms with Gasteiger partial charge >= 0.3 is 0 Å². The van der Waals surface area contributed by atoms with Gasteiger partial charge in [0.15, 0.2) is 0 Å². The molecule has 0 amide bonds. The summed E-state index contributed by atoms with van der Waals surface area (Å²) in [5, 5.41) is 4.57. The van der Waals surface area contributed by atoms with Crippen LogP contribution in [0.3, 0.4) is 0 Å². The van der Waals surface area contributed by atoms with Crippen molar-refractivity contribution in [1.29, 1.82) is 0 Å². The average Bonchev–Trinajstić information content (AvgIpc) is 2.21. The van der Waals surface area contributed by atoms with Crippen molar-refractivity contribution >= 4 is 5.84 Å². The Morgan fingerprint density at radius 2 is 1.65 bits per heavy atom. The Kier molecular flexibility index (Phi) is 11.2. The second-order valence-corrected chi connectivity index (χ2v) is 4.96. The van der Waals surface area contributed by atoms with Crippen molar-refractivity contribution < 1.29 is 16.8 Å². The van der Waals surface area contributed by atoms with Crippen LogP contribution in [-0.2, 0) is 16.8 Å². The molecule has 3 nitrogen and oxygen atoms in total. The number of aliphatic imine (C=N–C) groups is 1. The van der Waals surface area contributed by atoms with Crippen molar-refractivity contribution in [2.24, 2.45) is 4.99 Å². The molecule has 0 bridgehead atoms. The predicted molar refractivity (Wildman–Crippen MR) is 73.5 cm³/mol. The van der Waals surface area contributed by atoms with E-state index < -0.39 is 0 Å². The molecule has 0 N–H and O–H groups in total. The molecular formula is C13H28CoN3-. The second-order valence-electron chi connectivity index (χ2n) is 4.96. The van der Waals surface area contributed by atoms with Crippen LogP contribution in [-0.4, -0.2) is 42.5 Å². The number of likely N-dealkylation sites (N-methyl/N-ethyl adjacent to an activating group) is 1. The molecule has 0 aliphatic rings. The minimum absolute atomic E-state index is 0. The Bertz CT molecular complexity index is 205. The summed E-state index contributed by atoms with van der Waals surface area (Å²) in [5.41, 5.74) is -0.00988. The molecule has 0 heterocycles. The molecule has 0 aliphatic heterocycles. The minimum atomic E-state index is -0.00988. The van der Waals surface area contributed by atoms with Crippen molar-refractivity contribution in [1.82, 2.24) is 4.90 Å². The van der Waals surface area contributed by atoms with Gasteiger partial charge in [0.1, 0.15) is 0 Å². The van der Waals surface area contributed by atoms with Crippen molar-refractivity contribution in [2.45, 2.75) is 53.5 Å². The van der Waals surface area contributed by atoms with Gasteiger partial charge in [0.05, 0.1) is 0 Å². The van der Waals surface area contributed by atoms with E-state index in [4.69, 9.17) is 0 Å². The van der Waals surface area contributed by atoms with Crippen LogP contribution in [0.1, 0.15) is 48.0 Å². The maximum Gasteiger partial charge on any atom is 0 e. The summed E-state index contributed by atoms with van der Waals surface area (Å²) in [5.74, 6) is 1.000. The largest absolute Gasteiger partial charge is 0.468 e. The van der Waals surface area contributed by atoms with Gasteiger partial charge in [0.25, 0.3) is 0 Å². The first-order chi connectivity index (χ1) is 7.42. The van der Waals surface area contributed by atoms with Gasteiger partial charge in [-0.05, 0) is 38.1 Å².